The monoisotopic (exact) mass is 280 g/mol. The highest BCUT2D eigenvalue weighted by molar-refractivity contribution is 6.31. The lowest BCUT2D eigenvalue weighted by molar-refractivity contribution is -0.124. The van der Waals surface area contributed by atoms with Crippen LogP contribution in [0.3, 0.4) is 0 Å². The average Bonchev–Trinajstić information content (AvgIpc) is 2.64. The van der Waals surface area contributed by atoms with Crippen LogP contribution in [0.4, 0.5) is 5.69 Å². The molecule has 1 fully saturated rings. The van der Waals surface area contributed by atoms with Crippen LogP contribution in [0.5, 0.6) is 0 Å². The van der Waals surface area contributed by atoms with Crippen LogP contribution in [0.25, 0.3) is 0 Å². The highest BCUT2D eigenvalue weighted by Gasteiger charge is 2.50. The molecule has 1 saturated heterocycles. The van der Waals surface area contributed by atoms with E-state index in [9.17, 15) is 9.90 Å². The minimum Gasteiger partial charge on any atom is -0.395 e. The zero-order chi connectivity index (χ0) is 13.5. The van der Waals surface area contributed by atoms with Gasteiger partial charge in [0.15, 0.2) is 0 Å². The molecular weight excluding hydrogens is 264 g/mol. The van der Waals surface area contributed by atoms with Crippen molar-refractivity contribution in [2.75, 3.05) is 31.1 Å². The number of benzene rings is 1. The largest absolute Gasteiger partial charge is 0.395 e. The Morgan fingerprint density at radius 3 is 2.79 bits per heavy atom. The summed E-state index contributed by atoms with van der Waals surface area (Å²) in [6.45, 7) is 2.00. The van der Waals surface area contributed by atoms with E-state index in [2.05, 4.69) is 5.32 Å². The van der Waals surface area contributed by atoms with Crippen molar-refractivity contribution in [2.24, 2.45) is 0 Å². The van der Waals surface area contributed by atoms with E-state index in [1.54, 1.807) is 11.0 Å². The van der Waals surface area contributed by atoms with Gasteiger partial charge < -0.3 is 15.3 Å². The molecule has 1 amide bonds. The van der Waals surface area contributed by atoms with Gasteiger partial charge >= 0.3 is 0 Å². The van der Waals surface area contributed by atoms with E-state index in [0.29, 0.717) is 11.6 Å². The van der Waals surface area contributed by atoms with Crippen LogP contribution in [-0.4, -0.2) is 37.3 Å². The van der Waals surface area contributed by atoms with Crippen LogP contribution in [0, 0.1) is 0 Å². The summed E-state index contributed by atoms with van der Waals surface area (Å²) in [7, 11) is 0. The first-order valence-corrected chi connectivity index (χ1v) is 7.00. The molecule has 5 heteroatoms. The lowest BCUT2D eigenvalue weighted by Crippen LogP contribution is -2.47. The Bertz CT molecular complexity index is 512. The molecule has 0 bridgehead atoms. The fraction of sp³-hybridized carbons (Fsp3) is 0.500. The van der Waals surface area contributed by atoms with Crippen LogP contribution < -0.4 is 10.2 Å². The second-order valence-corrected chi connectivity index (χ2v) is 5.61. The number of hydrogen-bond acceptors (Lipinski definition) is 3. The maximum absolute atomic E-state index is 12.8. The smallest absolute Gasteiger partial charge is 0.237 e. The molecule has 0 radical (unpaired) electrons. The van der Waals surface area contributed by atoms with Crippen molar-refractivity contribution >= 4 is 23.2 Å². The van der Waals surface area contributed by atoms with Gasteiger partial charge in [-0.2, -0.15) is 0 Å². The van der Waals surface area contributed by atoms with Crippen LogP contribution in [-0.2, 0) is 10.2 Å². The van der Waals surface area contributed by atoms with Gasteiger partial charge in [-0.25, -0.2) is 0 Å². The first-order chi connectivity index (χ1) is 9.19. The number of nitrogens with one attached hydrogen (secondary N) is 1. The molecule has 1 spiro atoms. The average molecular weight is 281 g/mol. The molecule has 4 nitrogen and oxygen atoms in total. The van der Waals surface area contributed by atoms with Crippen molar-refractivity contribution in [3.63, 3.8) is 0 Å². The van der Waals surface area contributed by atoms with Gasteiger partial charge in [-0.3, -0.25) is 4.79 Å². The van der Waals surface area contributed by atoms with Crippen molar-refractivity contribution in [1.82, 2.24) is 5.32 Å². The summed E-state index contributed by atoms with van der Waals surface area (Å²) < 4.78 is 0. The van der Waals surface area contributed by atoms with Crippen LogP contribution in [0.2, 0.25) is 5.02 Å². The lowest BCUT2D eigenvalue weighted by atomic mass is 9.74. The molecule has 0 saturated carbocycles. The molecule has 0 unspecified atom stereocenters. The van der Waals surface area contributed by atoms with Gasteiger partial charge in [0, 0.05) is 17.3 Å². The molecule has 2 aliphatic rings. The zero-order valence-corrected chi connectivity index (χ0v) is 11.4. The van der Waals surface area contributed by atoms with E-state index in [0.717, 1.165) is 37.2 Å². The lowest BCUT2D eigenvalue weighted by Gasteiger charge is -2.33. The summed E-state index contributed by atoms with van der Waals surface area (Å²) in [6.07, 6.45) is 1.59. The van der Waals surface area contributed by atoms with E-state index in [1.807, 2.05) is 12.1 Å². The van der Waals surface area contributed by atoms with Crippen LogP contribution in [0.15, 0.2) is 18.2 Å². The summed E-state index contributed by atoms with van der Waals surface area (Å²) in [5.41, 5.74) is 1.49. The molecule has 0 atom stereocenters. The molecule has 19 heavy (non-hydrogen) atoms. The predicted octanol–water partition coefficient (Wildman–Crippen LogP) is 1.30. The minimum absolute atomic E-state index is 0.0257. The van der Waals surface area contributed by atoms with E-state index in [1.165, 1.54) is 0 Å². The molecule has 0 aliphatic carbocycles. The van der Waals surface area contributed by atoms with Crippen molar-refractivity contribution in [3.05, 3.63) is 28.8 Å². The molecule has 102 valence electrons. The fourth-order valence-electron chi connectivity index (χ4n) is 3.27. The van der Waals surface area contributed by atoms with Gasteiger partial charge in [0.25, 0.3) is 0 Å². The summed E-state index contributed by atoms with van der Waals surface area (Å²) in [6, 6.07) is 5.61. The van der Waals surface area contributed by atoms with Gasteiger partial charge in [0.1, 0.15) is 0 Å². The van der Waals surface area contributed by atoms with Crippen LogP contribution in [0.1, 0.15) is 18.4 Å². The van der Waals surface area contributed by atoms with E-state index in [4.69, 9.17) is 11.6 Å². The number of hydrogen-bond donors (Lipinski definition) is 2. The molecule has 2 aliphatic heterocycles. The Morgan fingerprint density at radius 1 is 1.37 bits per heavy atom. The molecule has 0 aromatic heterocycles. The number of nitrogens with zero attached hydrogens (tertiary/aromatic N) is 1. The number of anilines is 1. The third kappa shape index (κ3) is 1.86. The number of β-amino-alcohol motifs (C(OH)–C–C–N with tert-alkyl or cyclic N) is 1. The Labute approximate surface area is 117 Å². The number of aliphatic hydroxyl groups is 1. The Hall–Kier alpha value is -1.10. The highest BCUT2D eigenvalue weighted by Crippen LogP contribution is 2.47. The van der Waals surface area contributed by atoms with Gasteiger partial charge in [-0.1, -0.05) is 11.6 Å². The molecule has 2 N–H and O–H groups in total. The quantitative estimate of drug-likeness (QED) is 0.859. The summed E-state index contributed by atoms with van der Waals surface area (Å²) >= 11 is 6.10. The van der Waals surface area contributed by atoms with Gasteiger partial charge in [0.05, 0.1) is 12.0 Å². The number of rotatable bonds is 2. The Balaban J connectivity index is 2.12. The molecule has 1 aromatic carbocycles. The third-order valence-electron chi connectivity index (χ3n) is 4.20. The number of amides is 1. The molecule has 3 rings (SSSR count). The van der Waals surface area contributed by atoms with Gasteiger partial charge in [-0.15, -0.1) is 0 Å². The molecule has 2 heterocycles. The van der Waals surface area contributed by atoms with Gasteiger partial charge in [-0.05, 0) is 49.7 Å². The zero-order valence-electron chi connectivity index (χ0n) is 10.7. The standard InChI is InChI=1S/C14H17ClN2O2/c15-10-1-2-12-11(9-10)14(3-5-16-6-4-14)13(19)17(12)7-8-18/h1-2,9,16,18H,3-8H2. The summed E-state index contributed by atoms with van der Waals surface area (Å²) in [4.78, 5) is 14.5. The number of halogens is 1. The molecule has 1 aromatic rings. The third-order valence-corrected chi connectivity index (χ3v) is 4.44. The Morgan fingerprint density at radius 2 is 2.11 bits per heavy atom. The summed E-state index contributed by atoms with van der Waals surface area (Å²) in [5, 5.41) is 13.1. The topological polar surface area (TPSA) is 52.6 Å². The van der Waals surface area contributed by atoms with Crippen LogP contribution >= 0.6 is 11.6 Å². The number of fused-ring (bicyclic) bond motifs is 2. The number of piperidine rings is 1. The fourth-order valence-corrected chi connectivity index (χ4v) is 3.44. The normalized spacial score (nSPS) is 20.9. The van der Waals surface area contributed by atoms with Crippen molar-refractivity contribution in [2.45, 2.75) is 18.3 Å². The first kappa shape index (κ1) is 12.9. The first-order valence-electron chi connectivity index (χ1n) is 6.63. The number of carbonyl (C=O) groups excluding carboxylic acids is 1. The highest BCUT2D eigenvalue weighted by atomic mass is 35.5. The minimum atomic E-state index is -0.444. The van der Waals surface area contributed by atoms with Crippen molar-refractivity contribution < 1.29 is 9.90 Å². The second-order valence-electron chi connectivity index (χ2n) is 5.17. The summed E-state index contributed by atoms with van der Waals surface area (Å²) in [5.74, 6) is 0.111. The maximum atomic E-state index is 12.8. The van der Waals surface area contributed by atoms with E-state index < -0.39 is 5.41 Å². The predicted molar refractivity (Wildman–Crippen MR) is 74.7 cm³/mol. The second kappa shape index (κ2) is 4.78. The number of carbonyl (C=O) groups is 1. The van der Waals surface area contributed by atoms with E-state index in [-0.39, 0.29) is 12.5 Å². The van der Waals surface area contributed by atoms with E-state index >= 15 is 0 Å². The maximum Gasteiger partial charge on any atom is 0.237 e. The SMILES string of the molecule is O=C1N(CCO)c2ccc(Cl)cc2C12CCNCC2. The van der Waals surface area contributed by atoms with Crippen molar-refractivity contribution in [3.8, 4) is 0 Å². The number of aliphatic hydroxyl groups excluding tert-OH is 1. The Kier molecular flexibility index (Phi) is 3.25. The molecular formula is C14H17ClN2O2. The van der Waals surface area contributed by atoms with Crippen molar-refractivity contribution in [1.29, 1.82) is 0 Å². The van der Waals surface area contributed by atoms with Gasteiger partial charge in [0.2, 0.25) is 5.91 Å².